The topological polar surface area (TPSA) is 75.4 Å². The van der Waals surface area contributed by atoms with Gasteiger partial charge >= 0.3 is 0 Å². The number of hydrogen-bond donors (Lipinski definition) is 3. The minimum absolute atomic E-state index is 0.0522. The smallest absolute Gasteiger partial charge is 0.251 e. The number of rotatable bonds is 4. The van der Waals surface area contributed by atoms with Gasteiger partial charge in [-0.2, -0.15) is 0 Å². The predicted molar refractivity (Wildman–Crippen MR) is 74.6 cm³/mol. The van der Waals surface area contributed by atoms with Crippen LogP contribution in [0.15, 0.2) is 24.3 Å². The average Bonchev–Trinajstić information content (AvgIpc) is 2.45. The molecule has 1 amide bonds. The second-order valence-electron chi connectivity index (χ2n) is 5.30. The molecule has 1 aromatic rings. The molecule has 2 unspecified atom stereocenters. The Kier molecular flexibility index (Phi) is 4.93. The van der Waals surface area contributed by atoms with Crippen LogP contribution < -0.4 is 11.1 Å². The molecule has 0 saturated heterocycles. The van der Waals surface area contributed by atoms with Gasteiger partial charge < -0.3 is 16.2 Å². The van der Waals surface area contributed by atoms with Crippen LogP contribution in [0, 0.1) is 5.92 Å². The fraction of sp³-hybridized carbons (Fsp3) is 0.533. The molecule has 1 aliphatic rings. The van der Waals surface area contributed by atoms with Gasteiger partial charge in [-0.25, -0.2) is 0 Å². The van der Waals surface area contributed by atoms with Crippen LogP contribution >= 0.6 is 0 Å². The van der Waals surface area contributed by atoms with Gasteiger partial charge in [0.05, 0.1) is 6.10 Å². The van der Waals surface area contributed by atoms with E-state index in [1.165, 1.54) is 0 Å². The minimum Gasteiger partial charge on any atom is -0.393 e. The zero-order valence-corrected chi connectivity index (χ0v) is 11.1. The van der Waals surface area contributed by atoms with E-state index in [4.69, 9.17) is 5.73 Å². The number of nitrogens with two attached hydrogens (primary N) is 1. The van der Waals surface area contributed by atoms with Crippen molar-refractivity contribution in [3.8, 4) is 0 Å². The number of aliphatic hydroxyl groups is 1. The highest BCUT2D eigenvalue weighted by Crippen LogP contribution is 2.23. The number of hydrogen-bond acceptors (Lipinski definition) is 3. The van der Waals surface area contributed by atoms with E-state index in [-0.39, 0.29) is 12.0 Å². The molecule has 1 aliphatic carbocycles. The molecule has 4 N–H and O–H groups in total. The quantitative estimate of drug-likeness (QED) is 0.768. The molecule has 0 aromatic heterocycles. The molecular weight excluding hydrogens is 240 g/mol. The number of carbonyl (C=O) groups is 1. The van der Waals surface area contributed by atoms with Gasteiger partial charge in [0.2, 0.25) is 0 Å². The van der Waals surface area contributed by atoms with E-state index < -0.39 is 0 Å². The van der Waals surface area contributed by atoms with Crippen LogP contribution in [0.4, 0.5) is 0 Å². The highest BCUT2D eigenvalue weighted by atomic mass is 16.3. The Morgan fingerprint density at radius 2 is 2.05 bits per heavy atom. The first-order valence-electron chi connectivity index (χ1n) is 6.94. The van der Waals surface area contributed by atoms with Crippen molar-refractivity contribution in [1.29, 1.82) is 0 Å². The van der Waals surface area contributed by atoms with E-state index in [2.05, 4.69) is 5.32 Å². The highest BCUT2D eigenvalue weighted by Gasteiger charge is 2.20. The second-order valence-corrected chi connectivity index (χ2v) is 5.30. The zero-order valence-electron chi connectivity index (χ0n) is 11.1. The van der Waals surface area contributed by atoms with Crippen molar-refractivity contribution in [2.45, 2.75) is 38.3 Å². The maximum Gasteiger partial charge on any atom is 0.251 e. The van der Waals surface area contributed by atoms with Crippen molar-refractivity contribution in [3.63, 3.8) is 0 Å². The molecule has 19 heavy (non-hydrogen) atoms. The summed E-state index contributed by atoms with van der Waals surface area (Å²) >= 11 is 0. The van der Waals surface area contributed by atoms with Crippen LogP contribution in [0.25, 0.3) is 0 Å². The minimum atomic E-state index is -0.195. The van der Waals surface area contributed by atoms with Crippen LogP contribution in [0.5, 0.6) is 0 Å². The van der Waals surface area contributed by atoms with E-state index >= 15 is 0 Å². The fourth-order valence-electron chi connectivity index (χ4n) is 2.58. The number of aliphatic hydroxyl groups excluding tert-OH is 1. The van der Waals surface area contributed by atoms with E-state index in [0.717, 1.165) is 31.2 Å². The largest absolute Gasteiger partial charge is 0.393 e. The molecule has 0 radical (unpaired) electrons. The first-order chi connectivity index (χ1) is 9.19. The molecule has 2 atom stereocenters. The fourth-order valence-corrected chi connectivity index (χ4v) is 2.58. The standard InChI is InChI=1S/C15H22N2O2/c16-9-11-4-6-13(7-5-11)15(19)17-10-12-2-1-3-14(18)8-12/h4-7,12,14,18H,1-3,8-10,16H2,(H,17,19). The summed E-state index contributed by atoms with van der Waals surface area (Å²) in [4.78, 5) is 12.0. The molecule has 2 rings (SSSR count). The molecule has 1 fully saturated rings. The van der Waals surface area contributed by atoms with Crippen LogP contribution in [0.2, 0.25) is 0 Å². The summed E-state index contributed by atoms with van der Waals surface area (Å²) in [6, 6.07) is 7.35. The Morgan fingerprint density at radius 3 is 2.68 bits per heavy atom. The first-order valence-corrected chi connectivity index (χ1v) is 6.94. The number of amides is 1. The predicted octanol–water partition coefficient (Wildman–Crippen LogP) is 1.43. The van der Waals surface area contributed by atoms with Gasteiger partial charge in [-0.05, 0) is 42.9 Å². The van der Waals surface area contributed by atoms with E-state index in [0.29, 0.717) is 24.6 Å². The summed E-state index contributed by atoms with van der Waals surface area (Å²) in [5.41, 5.74) is 7.20. The van der Waals surface area contributed by atoms with Crippen molar-refractivity contribution in [2.75, 3.05) is 6.54 Å². The van der Waals surface area contributed by atoms with E-state index in [1.807, 2.05) is 12.1 Å². The third kappa shape index (κ3) is 4.04. The van der Waals surface area contributed by atoms with Gasteiger partial charge in [0.1, 0.15) is 0 Å². The van der Waals surface area contributed by atoms with Crippen molar-refractivity contribution in [2.24, 2.45) is 11.7 Å². The number of benzene rings is 1. The van der Waals surface area contributed by atoms with Crippen molar-refractivity contribution in [3.05, 3.63) is 35.4 Å². The lowest BCUT2D eigenvalue weighted by Gasteiger charge is -2.25. The number of carbonyl (C=O) groups excluding carboxylic acids is 1. The molecule has 0 heterocycles. The lowest BCUT2D eigenvalue weighted by Crippen LogP contribution is -2.32. The molecule has 0 aliphatic heterocycles. The normalized spacial score (nSPS) is 23.1. The maximum atomic E-state index is 12.0. The molecular formula is C15H22N2O2. The van der Waals surface area contributed by atoms with Gasteiger partial charge in [0.15, 0.2) is 0 Å². The van der Waals surface area contributed by atoms with Crippen LogP contribution in [-0.4, -0.2) is 23.7 Å². The Bertz CT molecular complexity index is 417. The monoisotopic (exact) mass is 262 g/mol. The Labute approximate surface area is 114 Å². The summed E-state index contributed by atoms with van der Waals surface area (Å²) in [7, 11) is 0. The van der Waals surface area contributed by atoms with Crippen LogP contribution in [-0.2, 0) is 6.54 Å². The van der Waals surface area contributed by atoms with Crippen molar-refractivity contribution >= 4 is 5.91 Å². The van der Waals surface area contributed by atoms with Gasteiger partial charge in [-0.3, -0.25) is 4.79 Å². The maximum absolute atomic E-state index is 12.0. The summed E-state index contributed by atoms with van der Waals surface area (Å²) in [5.74, 6) is 0.347. The van der Waals surface area contributed by atoms with Gasteiger partial charge in [0.25, 0.3) is 5.91 Å². The molecule has 4 nitrogen and oxygen atoms in total. The highest BCUT2D eigenvalue weighted by molar-refractivity contribution is 5.94. The summed E-state index contributed by atoms with van der Waals surface area (Å²) in [6.07, 6.45) is 3.63. The molecule has 1 saturated carbocycles. The zero-order chi connectivity index (χ0) is 13.7. The number of nitrogens with one attached hydrogen (secondary N) is 1. The SMILES string of the molecule is NCc1ccc(C(=O)NCC2CCCC(O)C2)cc1. The summed E-state index contributed by atoms with van der Waals surface area (Å²) < 4.78 is 0. The first kappa shape index (κ1) is 14.0. The lowest BCUT2D eigenvalue weighted by atomic mass is 9.87. The Morgan fingerprint density at radius 1 is 1.32 bits per heavy atom. The molecule has 1 aromatic carbocycles. The lowest BCUT2D eigenvalue weighted by molar-refractivity contribution is 0.0874. The third-order valence-electron chi connectivity index (χ3n) is 3.76. The average molecular weight is 262 g/mol. The Balaban J connectivity index is 1.83. The third-order valence-corrected chi connectivity index (χ3v) is 3.76. The molecule has 4 heteroatoms. The van der Waals surface area contributed by atoms with E-state index in [1.54, 1.807) is 12.1 Å². The second kappa shape index (κ2) is 6.68. The van der Waals surface area contributed by atoms with Gasteiger partial charge in [0, 0.05) is 18.7 Å². The van der Waals surface area contributed by atoms with Gasteiger partial charge in [-0.15, -0.1) is 0 Å². The molecule has 0 spiro atoms. The summed E-state index contributed by atoms with van der Waals surface area (Å²) in [6.45, 7) is 1.14. The molecule has 0 bridgehead atoms. The van der Waals surface area contributed by atoms with Gasteiger partial charge in [-0.1, -0.05) is 18.6 Å². The molecule has 104 valence electrons. The van der Waals surface area contributed by atoms with Crippen LogP contribution in [0.3, 0.4) is 0 Å². The summed E-state index contributed by atoms with van der Waals surface area (Å²) in [5, 5.41) is 12.5. The van der Waals surface area contributed by atoms with Crippen molar-refractivity contribution in [1.82, 2.24) is 5.32 Å². The van der Waals surface area contributed by atoms with Crippen molar-refractivity contribution < 1.29 is 9.90 Å². The van der Waals surface area contributed by atoms with E-state index in [9.17, 15) is 9.90 Å². The Hall–Kier alpha value is -1.39. The van der Waals surface area contributed by atoms with Crippen LogP contribution in [0.1, 0.15) is 41.6 Å².